The van der Waals surface area contributed by atoms with Crippen LogP contribution in [0.1, 0.15) is 25.3 Å². The van der Waals surface area contributed by atoms with E-state index in [1.807, 2.05) is 12.1 Å². The lowest BCUT2D eigenvalue weighted by Gasteiger charge is -2.37. The Labute approximate surface area is 128 Å². The molecule has 1 heterocycles. The SMILES string of the molecule is CC1(C(=O)O)CCCN(C(=O)NCc2ccc(Cl)cc2)C1. The van der Waals surface area contributed by atoms with Crippen molar-refractivity contribution in [2.75, 3.05) is 13.1 Å². The average molecular weight is 311 g/mol. The van der Waals surface area contributed by atoms with Gasteiger partial charge in [0.2, 0.25) is 0 Å². The third-order valence-electron chi connectivity index (χ3n) is 3.86. The fraction of sp³-hybridized carbons (Fsp3) is 0.467. The Hall–Kier alpha value is -1.75. The van der Waals surface area contributed by atoms with Crippen molar-refractivity contribution in [1.29, 1.82) is 0 Å². The molecule has 21 heavy (non-hydrogen) atoms. The third-order valence-corrected chi connectivity index (χ3v) is 4.11. The highest BCUT2D eigenvalue weighted by Crippen LogP contribution is 2.29. The molecule has 2 amide bonds. The molecule has 0 aliphatic carbocycles. The van der Waals surface area contributed by atoms with E-state index in [-0.39, 0.29) is 12.6 Å². The number of likely N-dealkylation sites (tertiary alicyclic amines) is 1. The van der Waals surface area contributed by atoms with Crippen LogP contribution in [-0.2, 0) is 11.3 Å². The zero-order valence-corrected chi connectivity index (χ0v) is 12.7. The summed E-state index contributed by atoms with van der Waals surface area (Å²) in [6, 6.07) is 7.01. The molecule has 1 unspecified atom stereocenters. The fourth-order valence-electron chi connectivity index (χ4n) is 2.48. The van der Waals surface area contributed by atoms with E-state index in [0.29, 0.717) is 31.0 Å². The summed E-state index contributed by atoms with van der Waals surface area (Å²) in [5.41, 5.74) is 0.0984. The molecule has 1 aliphatic heterocycles. The Bertz CT molecular complexity index is 532. The van der Waals surface area contributed by atoms with Crippen molar-refractivity contribution in [3.05, 3.63) is 34.9 Å². The first-order valence-electron chi connectivity index (χ1n) is 6.91. The van der Waals surface area contributed by atoms with Gasteiger partial charge in [-0.05, 0) is 37.5 Å². The van der Waals surface area contributed by atoms with Crippen LogP contribution >= 0.6 is 11.6 Å². The summed E-state index contributed by atoms with van der Waals surface area (Å²) in [4.78, 5) is 25.0. The summed E-state index contributed by atoms with van der Waals surface area (Å²) in [5, 5.41) is 12.7. The lowest BCUT2D eigenvalue weighted by molar-refractivity contribution is -0.150. The topological polar surface area (TPSA) is 69.6 Å². The van der Waals surface area contributed by atoms with Gasteiger partial charge in [0.25, 0.3) is 0 Å². The molecule has 114 valence electrons. The molecular weight excluding hydrogens is 292 g/mol. The molecule has 1 fully saturated rings. The number of rotatable bonds is 3. The molecule has 1 saturated heterocycles. The first-order chi connectivity index (χ1) is 9.90. The summed E-state index contributed by atoms with van der Waals surface area (Å²) in [6.45, 7) is 2.92. The van der Waals surface area contributed by atoms with Crippen LogP contribution < -0.4 is 5.32 Å². The highest BCUT2D eigenvalue weighted by atomic mass is 35.5. The first kappa shape index (κ1) is 15.6. The predicted octanol–water partition coefficient (Wildman–Crippen LogP) is 2.74. The van der Waals surface area contributed by atoms with Crippen molar-refractivity contribution in [1.82, 2.24) is 10.2 Å². The van der Waals surface area contributed by atoms with E-state index in [2.05, 4.69) is 5.32 Å². The molecule has 1 atom stereocenters. The number of nitrogens with one attached hydrogen (secondary N) is 1. The van der Waals surface area contributed by atoms with Crippen LogP contribution in [0.3, 0.4) is 0 Å². The van der Waals surface area contributed by atoms with Crippen molar-refractivity contribution >= 4 is 23.6 Å². The Balaban J connectivity index is 1.91. The number of urea groups is 1. The monoisotopic (exact) mass is 310 g/mol. The van der Waals surface area contributed by atoms with Crippen molar-refractivity contribution in [3.8, 4) is 0 Å². The summed E-state index contributed by atoms with van der Waals surface area (Å²) >= 11 is 5.81. The first-order valence-corrected chi connectivity index (χ1v) is 7.29. The van der Waals surface area contributed by atoms with E-state index in [4.69, 9.17) is 11.6 Å². The average Bonchev–Trinajstić information content (AvgIpc) is 2.46. The maximum atomic E-state index is 12.1. The molecule has 5 nitrogen and oxygen atoms in total. The number of halogens is 1. The van der Waals surface area contributed by atoms with Crippen LogP contribution in [0, 0.1) is 5.41 Å². The third kappa shape index (κ3) is 3.88. The van der Waals surface area contributed by atoms with Gasteiger partial charge in [-0.2, -0.15) is 0 Å². The molecule has 1 aromatic rings. The number of hydrogen-bond donors (Lipinski definition) is 2. The predicted molar refractivity (Wildman–Crippen MR) is 80.2 cm³/mol. The molecule has 0 spiro atoms. The van der Waals surface area contributed by atoms with E-state index in [1.54, 1.807) is 24.0 Å². The molecule has 0 bridgehead atoms. The van der Waals surface area contributed by atoms with Gasteiger partial charge < -0.3 is 15.3 Å². The minimum atomic E-state index is -0.851. The normalized spacial score (nSPS) is 21.9. The number of aliphatic carboxylic acids is 1. The number of carbonyl (C=O) groups is 2. The second-order valence-electron chi connectivity index (χ2n) is 5.68. The Morgan fingerprint density at radius 2 is 2.05 bits per heavy atom. The van der Waals surface area contributed by atoms with Crippen LogP contribution in [0.25, 0.3) is 0 Å². The lowest BCUT2D eigenvalue weighted by Crippen LogP contribution is -2.51. The van der Waals surface area contributed by atoms with Gasteiger partial charge in [0.1, 0.15) is 0 Å². The quantitative estimate of drug-likeness (QED) is 0.902. The maximum absolute atomic E-state index is 12.1. The van der Waals surface area contributed by atoms with Crippen LogP contribution in [0.4, 0.5) is 4.79 Å². The number of nitrogens with zero attached hydrogens (tertiary/aromatic N) is 1. The number of carboxylic acids is 1. The molecule has 1 aliphatic rings. The molecule has 2 N–H and O–H groups in total. The van der Waals surface area contributed by atoms with Crippen LogP contribution in [-0.4, -0.2) is 35.1 Å². The van der Waals surface area contributed by atoms with Gasteiger partial charge in [-0.1, -0.05) is 23.7 Å². The molecule has 0 saturated carbocycles. The summed E-state index contributed by atoms with van der Waals surface area (Å²) in [7, 11) is 0. The molecule has 2 rings (SSSR count). The van der Waals surface area contributed by atoms with Gasteiger partial charge >= 0.3 is 12.0 Å². The summed E-state index contributed by atoms with van der Waals surface area (Å²) in [5.74, 6) is -0.849. The highest BCUT2D eigenvalue weighted by Gasteiger charge is 2.39. The number of carboxylic acid groups (broad SMARTS) is 1. The standard InChI is InChI=1S/C15H19ClN2O3/c1-15(13(19)20)7-2-8-18(10-15)14(21)17-9-11-3-5-12(16)6-4-11/h3-6H,2,7-10H2,1H3,(H,17,21)(H,19,20). The minimum Gasteiger partial charge on any atom is -0.481 e. The number of hydrogen-bond acceptors (Lipinski definition) is 2. The van der Waals surface area contributed by atoms with Gasteiger partial charge in [0.05, 0.1) is 5.41 Å². The molecule has 0 aromatic heterocycles. The van der Waals surface area contributed by atoms with Gasteiger partial charge in [-0.3, -0.25) is 4.79 Å². The van der Waals surface area contributed by atoms with Crippen molar-refractivity contribution < 1.29 is 14.7 Å². The summed E-state index contributed by atoms with van der Waals surface area (Å²) < 4.78 is 0. The highest BCUT2D eigenvalue weighted by molar-refractivity contribution is 6.30. The summed E-state index contributed by atoms with van der Waals surface area (Å²) in [6.07, 6.45) is 1.31. The van der Waals surface area contributed by atoms with Crippen molar-refractivity contribution in [2.45, 2.75) is 26.3 Å². The van der Waals surface area contributed by atoms with Crippen molar-refractivity contribution in [2.24, 2.45) is 5.41 Å². The van der Waals surface area contributed by atoms with Crippen LogP contribution in [0.15, 0.2) is 24.3 Å². The van der Waals surface area contributed by atoms with Crippen LogP contribution in [0.5, 0.6) is 0 Å². The zero-order valence-electron chi connectivity index (χ0n) is 11.9. The molecular formula is C15H19ClN2O3. The van der Waals surface area contributed by atoms with Gasteiger partial charge in [0.15, 0.2) is 0 Å². The number of amides is 2. The second kappa shape index (κ2) is 6.35. The lowest BCUT2D eigenvalue weighted by atomic mass is 9.82. The number of benzene rings is 1. The van der Waals surface area contributed by atoms with Gasteiger partial charge in [-0.25, -0.2) is 4.79 Å². The Kier molecular flexibility index (Phi) is 4.73. The Morgan fingerprint density at radius 1 is 1.38 bits per heavy atom. The fourth-order valence-corrected chi connectivity index (χ4v) is 2.61. The largest absolute Gasteiger partial charge is 0.481 e. The molecule has 1 aromatic carbocycles. The molecule has 6 heteroatoms. The zero-order chi connectivity index (χ0) is 15.5. The number of carbonyl (C=O) groups excluding carboxylic acids is 1. The van der Waals surface area contributed by atoms with Crippen molar-refractivity contribution in [3.63, 3.8) is 0 Å². The van der Waals surface area contributed by atoms with Crippen LogP contribution in [0.2, 0.25) is 5.02 Å². The Morgan fingerprint density at radius 3 is 2.67 bits per heavy atom. The minimum absolute atomic E-state index is 0.225. The van der Waals surface area contributed by atoms with E-state index >= 15 is 0 Å². The van der Waals surface area contributed by atoms with E-state index in [0.717, 1.165) is 5.56 Å². The van der Waals surface area contributed by atoms with Gasteiger partial charge in [0, 0.05) is 24.7 Å². The molecule has 0 radical (unpaired) electrons. The maximum Gasteiger partial charge on any atom is 0.317 e. The second-order valence-corrected chi connectivity index (χ2v) is 6.11. The van der Waals surface area contributed by atoms with E-state index in [1.165, 1.54) is 0 Å². The number of piperidine rings is 1. The van der Waals surface area contributed by atoms with E-state index < -0.39 is 11.4 Å². The van der Waals surface area contributed by atoms with Gasteiger partial charge in [-0.15, -0.1) is 0 Å². The smallest absolute Gasteiger partial charge is 0.317 e. The van der Waals surface area contributed by atoms with E-state index in [9.17, 15) is 14.7 Å².